The summed E-state index contributed by atoms with van der Waals surface area (Å²) in [7, 11) is 0. The van der Waals surface area contributed by atoms with Crippen LogP contribution in [0.1, 0.15) is 11.5 Å². The molecular weight excluding hydrogens is 215 g/mol. The van der Waals surface area contributed by atoms with E-state index in [-0.39, 0.29) is 18.6 Å². The molecule has 2 nitrogen and oxygen atoms in total. The largest absolute Gasteiger partial charge is 0.363 e. The predicted molar refractivity (Wildman–Crippen MR) is 59.6 cm³/mol. The van der Waals surface area contributed by atoms with Crippen LogP contribution in [0.3, 0.4) is 0 Å². The monoisotopic (exact) mass is 223 g/mol. The summed E-state index contributed by atoms with van der Waals surface area (Å²) in [6, 6.07) is 4.45. The summed E-state index contributed by atoms with van der Waals surface area (Å²) in [5.41, 5.74) is 0.532. The molecule has 0 saturated heterocycles. The first kappa shape index (κ1) is 10.4. The van der Waals surface area contributed by atoms with Gasteiger partial charge in [0, 0.05) is 5.02 Å². The van der Waals surface area contributed by atoms with E-state index in [1.807, 2.05) is 0 Å². The van der Waals surface area contributed by atoms with Gasteiger partial charge in [-0.05, 0) is 36.0 Å². The van der Waals surface area contributed by atoms with Crippen LogP contribution in [0, 0.1) is 10.7 Å². The first-order chi connectivity index (χ1) is 7.20. The van der Waals surface area contributed by atoms with Crippen LogP contribution >= 0.6 is 11.6 Å². The van der Waals surface area contributed by atoms with E-state index in [0.717, 1.165) is 0 Å². The highest BCUT2D eigenvalue weighted by Gasteiger charge is 2.26. The van der Waals surface area contributed by atoms with E-state index in [4.69, 9.17) is 11.6 Å². The third-order valence-electron chi connectivity index (χ3n) is 2.55. The molecule has 0 radical (unpaired) electrons. The standard InChI is InChI=1S/C10H8BClFNO/c12-8-1-2-10(13)9(5-8)7-3-4-11(6-7)14-15/h1-5,7H,6H2. The van der Waals surface area contributed by atoms with Crippen LogP contribution in [0.2, 0.25) is 11.3 Å². The van der Waals surface area contributed by atoms with Crippen LogP contribution < -0.4 is 0 Å². The van der Waals surface area contributed by atoms with Crippen LogP contribution in [0.4, 0.5) is 4.39 Å². The molecule has 1 atom stereocenters. The van der Waals surface area contributed by atoms with Crippen molar-refractivity contribution in [3.8, 4) is 0 Å². The highest BCUT2D eigenvalue weighted by atomic mass is 35.5. The smallest absolute Gasteiger partial charge is 0.207 e. The minimum Gasteiger partial charge on any atom is -0.207 e. The van der Waals surface area contributed by atoms with Crippen molar-refractivity contribution < 1.29 is 4.39 Å². The van der Waals surface area contributed by atoms with E-state index < -0.39 is 0 Å². The number of nitrogens with zero attached hydrogens (tertiary/aromatic N) is 1. The molecule has 0 saturated carbocycles. The van der Waals surface area contributed by atoms with E-state index in [1.165, 1.54) is 12.1 Å². The molecule has 2 rings (SSSR count). The van der Waals surface area contributed by atoms with Crippen molar-refractivity contribution in [3.05, 3.63) is 51.6 Å². The van der Waals surface area contributed by atoms with Crippen molar-refractivity contribution in [1.82, 2.24) is 0 Å². The number of benzene rings is 1. The molecule has 1 aliphatic rings. The maximum Gasteiger partial charge on any atom is 0.363 e. The van der Waals surface area contributed by atoms with Crippen molar-refractivity contribution in [1.29, 1.82) is 0 Å². The quantitative estimate of drug-likeness (QED) is 0.558. The minimum absolute atomic E-state index is 0.0913. The summed E-state index contributed by atoms with van der Waals surface area (Å²) in [4.78, 5) is 10.3. The number of rotatable bonds is 2. The second-order valence-corrected chi connectivity index (χ2v) is 4.00. The molecule has 0 fully saturated rings. The van der Waals surface area contributed by atoms with E-state index in [2.05, 4.69) is 5.09 Å². The van der Waals surface area contributed by atoms with Crippen molar-refractivity contribution in [2.75, 3.05) is 0 Å². The van der Waals surface area contributed by atoms with Gasteiger partial charge in [-0.3, -0.25) is 0 Å². The van der Waals surface area contributed by atoms with Gasteiger partial charge < -0.3 is 0 Å². The van der Waals surface area contributed by atoms with Crippen molar-refractivity contribution >= 4 is 18.4 Å². The molecule has 5 heteroatoms. The van der Waals surface area contributed by atoms with Gasteiger partial charge in [0.15, 0.2) is 0 Å². The van der Waals surface area contributed by atoms with Crippen LogP contribution in [-0.4, -0.2) is 6.85 Å². The lowest BCUT2D eigenvalue weighted by atomic mass is 9.62. The van der Waals surface area contributed by atoms with E-state index in [1.54, 1.807) is 18.1 Å². The first-order valence-electron chi connectivity index (χ1n) is 4.66. The van der Waals surface area contributed by atoms with Crippen LogP contribution in [-0.2, 0) is 0 Å². The average molecular weight is 223 g/mol. The molecule has 0 aliphatic carbocycles. The topological polar surface area (TPSA) is 29.4 Å². The summed E-state index contributed by atoms with van der Waals surface area (Å²) in [6.45, 7) is -0.339. The number of hydrogen-bond donors (Lipinski definition) is 0. The zero-order chi connectivity index (χ0) is 10.8. The molecule has 1 aromatic rings. The lowest BCUT2D eigenvalue weighted by Gasteiger charge is -2.09. The Morgan fingerprint density at radius 1 is 1.53 bits per heavy atom. The third kappa shape index (κ3) is 2.10. The van der Waals surface area contributed by atoms with E-state index >= 15 is 0 Å². The van der Waals surface area contributed by atoms with Gasteiger partial charge >= 0.3 is 6.85 Å². The highest BCUT2D eigenvalue weighted by Crippen LogP contribution is 2.32. The Kier molecular flexibility index (Phi) is 2.87. The normalized spacial score (nSPS) is 19.6. The van der Waals surface area contributed by atoms with E-state index in [0.29, 0.717) is 16.9 Å². The molecule has 1 aromatic carbocycles. The molecule has 76 valence electrons. The summed E-state index contributed by atoms with van der Waals surface area (Å²) < 4.78 is 13.5. The fourth-order valence-corrected chi connectivity index (χ4v) is 1.97. The Hall–Kier alpha value is -1.16. The molecule has 1 aliphatic heterocycles. The molecule has 1 heterocycles. The van der Waals surface area contributed by atoms with Crippen LogP contribution in [0.5, 0.6) is 0 Å². The Balaban J connectivity index is 2.27. The summed E-state index contributed by atoms with van der Waals surface area (Å²) in [6.07, 6.45) is 2.33. The number of hydrogen-bond acceptors (Lipinski definition) is 2. The van der Waals surface area contributed by atoms with Crippen LogP contribution in [0.15, 0.2) is 35.3 Å². The Morgan fingerprint density at radius 2 is 2.33 bits per heavy atom. The van der Waals surface area contributed by atoms with Crippen molar-refractivity contribution in [2.45, 2.75) is 12.2 Å². The molecule has 15 heavy (non-hydrogen) atoms. The maximum absolute atomic E-state index is 13.5. The average Bonchev–Trinajstić information content (AvgIpc) is 2.70. The molecule has 0 amide bonds. The Morgan fingerprint density at radius 3 is 3.00 bits per heavy atom. The second-order valence-electron chi connectivity index (χ2n) is 3.57. The fraction of sp³-hybridized carbons (Fsp3) is 0.200. The third-order valence-corrected chi connectivity index (χ3v) is 2.79. The van der Waals surface area contributed by atoms with Gasteiger partial charge in [-0.1, -0.05) is 23.7 Å². The van der Waals surface area contributed by atoms with Crippen molar-refractivity contribution in [2.24, 2.45) is 5.09 Å². The molecule has 0 N–H and O–H groups in total. The molecule has 0 bridgehead atoms. The Bertz CT molecular complexity index is 424. The number of nitroso groups, excluding NO2 is 1. The molecule has 1 unspecified atom stereocenters. The summed E-state index contributed by atoms with van der Waals surface area (Å²) >= 11 is 5.79. The SMILES string of the molecule is O=NB1C=CC(c2cc(Cl)ccc2F)C1. The van der Waals surface area contributed by atoms with Gasteiger partial charge in [-0.25, -0.2) is 4.39 Å². The number of halogens is 2. The lowest BCUT2D eigenvalue weighted by molar-refractivity contribution is 0.605. The van der Waals surface area contributed by atoms with Crippen LogP contribution in [0.25, 0.3) is 0 Å². The first-order valence-corrected chi connectivity index (χ1v) is 5.04. The van der Waals surface area contributed by atoms with Gasteiger partial charge in [-0.15, -0.1) is 5.09 Å². The van der Waals surface area contributed by atoms with E-state index in [9.17, 15) is 9.30 Å². The van der Waals surface area contributed by atoms with Crippen molar-refractivity contribution in [3.63, 3.8) is 0 Å². The number of allylic oxidation sites excluding steroid dienone is 1. The minimum atomic E-state index is -0.339. The van der Waals surface area contributed by atoms with Gasteiger partial charge in [0.25, 0.3) is 0 Å². The zero-order valence-electron chi connectivity index (χ0n) is 7.86. The lowest BCUT2D eigenvalue weighted by Crippen LogP contribution is -2.04. The zero-order valence-corrected chi connectivity index (χ0v) is 8.62. The molecule has 0 aromatic heterocycles. The van der Waals surface area contributed by atoms with Gasteiger partial charge in [0.05, 0.1) is 0 Å². The maximum atomic E-state index is 13.5. The predicted octanol–water partition coefficient (Wildman–Crippen LogP) is 3.43. The van der Waals surface area contributed by atoms with Gasteiger partial charge in [-0.2, -0.15) is 4.91 Å². The molecular formula is C10H8BClFNO. The Labute approximate surface area is 92.2 Å². The second kappa shape index (κ2) is 4.15. The van der Waals surface area contributed by atoms with Gasteiger partial charge in [0.1, 0.15) is 5.82 Å². The molecule has 0 spiro atoms. The summed E-state index contributed by atoms with van der Waals surface area (Å²) in [5.74, 6) is 1.32. The summed E-state index contributed by atoms with van der Waals surface area (Å²) in [5, 5.41) is 3.43. The van der Waals surface area contributed by atoms with Gasteiger partial charge in [0.2, 0.25) is 0 Å². The highest BCUT2D eigenvalue weighted by molar-refractivity contribution is 6.63. The fourth-order valence-electron chi connectivity index (χ4n) is 1.79.